The number of rotatable bonds is 6. The van der Waals surface area contributed by atoms with Crippen LogP contribution >= 0.6 is 0 Å². The molecule has 0 amide bonds. The van der Waals surface area contributed by atoms with Crippen LogP contribution in [0.1, 0.15) is 30.9 Å². The summed E-state index contributed by atoms with van der Waals surface area (Å²) in [5.41, 5.74) is 2.18. The van der Waals surface area contributed by atoms with Crippen molar-refractivity contribution in [3.05, 3.63) is 47.5 Å². The van der Waals surface area contributed by atoms with Gasteiger partial charge >= 0.3 is 0 Å². The molecule has 0 fully saturated rings. The summed E-state index contributed by atoms with van der Waals surface area (Å²) in [6, 6.07) is 8.14. The van der Waals surface area contributed by atoms with Crippen molar-refractivity contribution in [1.82, 2.24) is 10.3 Å². The van der Waals surface area contributed by atoms with Gasteiger partial charge < -0.3 is 14.5 Å². The van der Waals surface area contributed by atoms with Crippen LogP contribution < -0.4 is 10.1 Å². The number of furan rings is 1. The summed E-state index contributed by atoms with van der Waals surface area (Å²) < 4.78 is 10.8. The van der Waals surface area contributed by atoms with E-state index in [0.29, 0.717) is 18.5 Å². The number of nitrogens with one attached hydrogen (secondary N) is 1. The number of nitrogens with zero attached hydrogens (tertiary/aromatic N) is 1. The highest BCUT2D eigenvalue weighted by Crippen LogP contribution is 2.14. The molecule has 0 bridgehead atoms. The average Bonchev–Trinajstić information content (AvgIpc) is 2.88. The second-order valence-electron chi connectivity index (χ2n) is 4.80. The smallest absolute Gasteiger partial charge is 0.213 e. The fraction of sp³-hybridized carbons (Fsp3) is 0.400. The van der Waals surface area contributed by atoms with Gasteiger partial charge in [0.15, 0.2) is 0 Å². The summed E-state index contributed by atoms with van der Waals surface area (Å²) in [7, 11) is 0. The highest BCUT2D eigenvalue weighted by Gasteiger charge is 2.04. The first-order valence-electron chi connectivity index (χ1n) is 6.50. The van der Waals surface area contributed by atoms with Crippen LogP contribution in [0.4, 0.5) is 0 Å². The highest BCUT2D eigenvalue weighted by atomic mass is 16.5. The van der Waals surface area contributed by atoms with Crippen LogP contribution in [0.25, 0.3) is 0 Å². The molecule has 2 heterocycles. The van der Waals surface area contributed by atoms with Crippen LogP contribution in [0.15, 0.2) is 34.9 Å². The Hall–Kier alpha value is -1.81. The van der Waals surface area contributed by atoms with Crippen LogP contribution in [0.3, 0.4) is 0 Å². The predicted molar refractivity (Wildman–Crippen MR) is 74.0 cm³/mol. The van der Waals surface area contributed by atoms with Gasteiger partial charge in [0.1, 0.15) is 12.4 Å². The van der Waals surface area contributed by atoms with E-state index in [-0.39, 0.29) is 0 Å². The predicted octanol–water partition coefficient (Wildman–Crippen LogP) is 3.06. The minimum Gasteiger partial charge on any atom is -0.469 e. The molecule has 4 heteroatoms. The monoisotopic (exact) mass is 260 g/mol. The molecule has 0 saturated carbocycles. The van der Waals surface area contributed by atoms with Gasteiger partial charge in [0.2, 0.25) is 5.88 Å². The average molecular weight is 260 g/mol. The van der Waals surface area contributed by atoms with Gasteiger partial charge in [-0.1, -0.05) is 19.9 Å². The third kappa shape index (κ3) is 4.10. The molecule has 0 aliphatic carbocycles. The van der Waals surface area contributed by atoms with Crippen molar-refractivity contribution < 1.29 is 9.15 Å². The molecule has 102 valence electrons. The summed E-state index contributed by atoms with van der Waals surface area (Å²) in [5, 5.41) is 3.38. The van der Waals surface area contributed by atoms with E-state index in [1.165, 1.54) is 5.56 Å². The van der Waals surface area contributed by atoms with Crippen molar-refractivity contribution in [1.29, 1.82) is 0 Å². The first-order chi connectivity index (χ1) is 9.15. The van der Waals surface area contributed by atoms with Crippen molar-refractivity contribution in [2.45, 2.75) is 40.0 Å². The van der Waals surface area contributed by atoms with Gasteiger partial charge in [-0.2, -0.15) is 0 Å². The number of aromatic nitrogens is 1. The Morgan fingerprint density at radius 1 is 1.32 bits per heavy atom. The lowest BCUT2D eigenvalue weighted by atomic mass is 10.2. The molecular formula is C15H20N2O2. The van der Waals surface area contributed by atoms with Crippen molar-refractivity contribution >= 4 is 0 Å². The summed E-state index contributed by atoms with van der Waals surface area (Å²) in [5.74, 6) is 1.42. The molecule has 1 N–H and O–H groups in total. The zero-order valence-corrected chi connectivity index (χ0v) is 11.6. The van der Waals surface area contributed by atoms with Crippen molar-refractivity contribution in [2.24, 2.45) is 0 Å². The normalized spacial score (nSPS) is 10.9. The van der Waals surface area contributed by atoms with Crippen LogP contribution in [-0.2, 0) is 13.2 Å². The zero-order chi connectivity index (χ0) is 13.7. The maximum Gasteiger partial charge on any atom is 0.213 e. The van der Waals surface area contributed by atoms with E-state index in [9.17, 15) is 0 Å². The van der Waals surface area contributed by atoms with Gasteiger partial charge in [0.05, 0.1) is 6.26 Å². The summed E-state index contributed by atoms with van der Waals surface area (Å²) in [6.45, 7) is 7.49. The SMILES string of the molecule is Cc1nc(OCc2ccco2)ccc1CNC(C)C. The van der Waals surface area contributed by atoms with Crippen LogP contribution in [0.2, 0.25) is 0 Å². The fourth-order valence-corrected chi connectivity index (χ4v) is 1.69. The van der Waals surface area contributed by atoms with E-state index >= 15 is 0 Å². The largest absolute Gasteiger partial charge is 0.469 e. The minimum absolute atomic E-state index is 0.406. The third-order valence-corrected chi connectivity index (χ3v) is 2.81. The molecular weight excluding hydrogens is 240 g/mol. The molecule has 4 nitrogen and oxygen atoms in total. The summed E-state index contributed by atoms with van der Waals surface area (Å²) in [6.07, 6.45) is 1.64. The Balaban J connectivity index is 1.94. The highest BCUT2D eigenvalue weighted by molar-refractivity contribution is 5.25. The fourth-order valence-electron chi connectivity index (χ4n) is 1.69. The van der Waals surface area contributed by atoms with Crippen molar-refractivity contribution in [3.8, 4) is 5.88 Å². The van der Waals surface area contributed by atoms with Gasteiger partial charge in [-0.15, -0.1) is 0 Å². The molecule has 0 aliphatic heterocycles. The maximum atomic E-state index is 5.59. The lowest BCUT2D eigenvalue weighted by Gasteiger charge is -2.11. The van der Waals surface area contributed by atoms with E-state index < -0.39 is 0 Å². The summed E-state index contributed by atoms with van der Waals surface area (Å²) >= 11 is 0. The lowest BCUT2D eigenvalue weighted by molar-refractivity contribution is 0.260. The number of hydrogen-bond donors (Lipinski definition) is 1. The van der Waals surface area contributed by atoms with Crippen LogP contribution in [0.5, 0.6) is 5.88 Å². The van der Waals surface area contributed by atoms with Gasteiger partial charge in [-0.05, 0) is 24.6 Å². The van der Waals surface area contributed by atoms with Crippen LogP contribution in [0, 0.1) is 6.92 Å². The minimum atomic E-state index is 0.406. The summed E-state index contributed by atoms with van der Waals surface area (Å²) in [4.78, 5) is 4.45. The molecule has 0 aromatic carbocycles. The quantitative estimate of drug-likeness (QED) is 0.867. The number of aryl methyl sites for hydroxylation is 1. The molecule has 0 aliphatic rings. The van der Waals surface area contributed by atoms with E-state index in [0.717, 1.165) is 18.0 Å². The molecule has 0 atom stereocenters. The topological polar surface area (TPSA) is 47.3 Å². The van der Waals surface area contributed by atoms with Crippen molar-refractivity contribution in [3.63, 3.8) is 0 Å². The van der Waals surface area contributed by atoms with Gasteiger partial charge in [0.25, 0.3) is 0 Å². The van der Waals surface area contributed by atoms with E-state index in [4.69, 9.17) is 9.15 Å². The Morgan fingerprint density at radius 2 is 2.16 bits per heavy atom. The number of hydrogen-bond acceptors (Lipinski definition) is 4. The first-order valence-corrected chi connectivity index (χ1v) is 6.50. The van der Waals surface area contributed by atoms with Gasteiger partial charge in [-0.25, -0.2) is 4.98 Å². The van der Waals surface area contributed by atoms with E-state index in [1.54, 1.807) is 6.26 Å². The van der Waals surface area contributed by atoms with Gasteiger partial charge in [-0.3, -0.25) is 0 Å². The maximum absolute atomic E-state index is 5.59. The Bertz CT molecular complexity index is 507. The van der Waals surface area contributed by atoms with E-state index in [1.807, 2.05) is 25.1 Å². The Labute approximate surface area is 113 Å². The second-order valence-corrected chi connectivity index (χ2v) is 4.80. The first kappa shape index (κ1) is 13.6. The zero-order valence-electron chi connectivity index (χ0n) is 11.6. The Morgan fingerprint density at radius 3 is 2.79 bits per heavy atom. The van der Waals surface area contributed by atoms with Gasteiger partial charge in [0, 0.05) is 24.3 Å². The molecule has 0 radical (unpaired) electrons. The number of ether oxygens (including phenoxy) is 1. The molecule has 2 aromatic heterocycles. The number of pyridine rings is 1. The molecule has 2 aromatic rings. The Kier molecular flexibility index (Phi) is 4.58. The van der Waals surface area contributed by atoms with Crippen LogP contribution in [-0.4, -0.2) is 11.0 Å². The lowest BCUT2D eigenvalue weighted by Crippen LogP contribution is -2.22. The van der Waals surface area contributed by atoms with Crippen molar-refractivity contribution in [2.75, 3.05) is 0 Å². The second kappa shape index (κ2) is 6.38. The molecule has 19 heavy (non-hydrogen) atoms. The third-order valence-electron chi connectivity index (χ3n) is 2.81. The molecule has 0 spiro atoms. The molecule has 0 saturated heterocycles. The van der Waals surface area contributed by atoms with E-state index in [2.05, 4.69) is 30.2 Å². The molecule has 2 rings (SSSR count). The molecule has 0 unspecified atom stereocenters. The standard InChI is InChI=1S/C15H20N2O2/c1-11(2)16-9-13-6-7-15(17-12(13)3)19-10-14-5-4-8-18-14/h4-8,11,16H,9-10H2,1-3H3.